The van der Waals surface area contributed by atoms with Crippen molar-refractivity contribution in [3.8, 4) is 0 Å². The van der Waals surface area contributed by atoms with E-state index in [1.165, 1.54) is 7.11 Å². The highest BCUT2D eigenvalue weighted by atomic mass is 16.5. The van der Waals surface area contributed by atoms with Crippen molar-refractivity contribution in [3.63, 3.8) is 0 Å². The first-order chi connectivity index (χ1) is 8.20. The number of imide groups is 1. The summed E-state index contributed by atoms with van der Waals surface area (Å²) in [6, 6.07) is -1.40. The summed E-state index contributed by atoms with van der Waals surface area (Å²) in [6.45, 7) is 7.05. The molecule has 0 bridgehead atoms. The maximum absolute atomic E-state index is 12.1. The molecule has 1 rings (SSSR count). The topological polar surface area (TPSA) is 75.7 Å². The van der Waals surface area contributed by atoms with Crippen molar-refractivity contribution in [2.45, 2.75) is 45.7 Å². The van der Waals surface area contributed by atoms with Gasteiger partial charge in [0.15, 0.2) is 0 Å². The summed E-state index contributed by atoms with van der Waals surface area (Å²) in [5.74, 6) is -0.799. The number of hydrogen-bond acceptors (Lipinski definition) is 4. The first-order valence-electron chi connectivity index (χ1n) is 5.94. The van der Waals surface area contributed by atoms with Crippen LogP contribution in [0.5, 0.6) is 0 Å². The summed E-state index contributed by atoms with van der Waals surface area (Å²) in [4.78, 5) is 36.7. The fourth-order valence-corrected chi connectivity index (χ4v) is 1.95. The van der Waals surface area contributed by atoms with Crippen LogP contribution in [-0.4, -0.2) is 41.5 Å². The largest absolute Gasteiger partial charge is 0.467 e. The Balaban J connectivity index is 3.02. The summed E-state index contributed by atoms with van der Waals surface area (Å²) >= 11 is 0. The van der Waals surface area contributed by atoms with Gasteiger partial charge in [-0.3, -0.25) is 4.79 Å². The number of methoxy groups -OCH3 is 1. The van der Waals surface area contributed by atoms with E-state index in [1.807, 2.05) is 13.8 Å². The standard InChI is InChI=1S/C12H20N2O4/c1-7(2)6-8(9(15)18-5)14-10(16)12(3,4)13-11(14)17/h7-8H,6H2,1-5H3,(H,13,17). The van der Waals surface area contributed by atoms with E-state index in [9.17, 15) is 14.4 Å². The van der Waals surface area contributed by atoms with Crippen molar-refractivity contribution < 1.29 is 19.1 Å². The van der Waals surface area contributed by atoms with E-state index in [2.05, 4.69) is 10.1 Å². The van der Waals surface area contributed by atoms with Crippen LogP contribution in [0.15, 0.2) is 0 Å². The van der Waals surface area contributed by atoms with Crippen molar-refractivity contribution in [2.75, 3.05) is 7.11 Å². The molecule has 0 radical (unpaired) electrons. The van der Waals surface area contributed by atoms with E-state index in [0.717, 1.165) is 4.90 Å². The van der Waals surface area contributed by atoms with Gasteiger partial charge in [0.1, 0.15) is 11.6 Å². The summed E-state index contributed by atoms with van der Waals surface area (Å²) in [5, 5.41) is 2.56. The molecule has 1 atom stereocenters. The molecule has 102 valence electrons. The van der Waals surface area contributed by atoms with Gasteiger partial charge in [0.2, 0.25) is 0 Å². The summed E-state index contributed by atoms with van der Waals surface area (Å²) in [5.41, 5.74) is -0.972. The van der Waals surface area contributed by atoms with Crippen molar-refractivity contribution in [2.24, 2.45) is 5.92 Å². The molecule has 1 heterocycles. The fraction of sp³-hybridized carbons (Fsp3) is 0.750. The maximum atomic E-state index is 12.1. The first-order valence-corrected chi connectivity index (χ1v) is 5.94. The van der Waals surface area contributed by atoms with Crippen LogP contribution in [0.4, 0.5) is 4.79 Å². The van der Waals surface area contributed by atoms with E-state index in [0.29, 0.717) is 6.42 Å². The van der Waals surface area contributed by atoms with Crippen LogP contribution in [0.25, 0.3) is 0 Å². The van der Waals surface area contributed by atoms with Gasteiger partial charge in [0, 0.05) is 0 Å². The van der Waals surface area contributed by atoms with Crippen molar-refractivity contribution in [1.29, 1.82) is 0 Å². The first kappa shape index (κ1) is 14.5. The third-order valence-electron chi connectivity index (χ3n) is 2.87. The highest BCUT2D eigenvalue weighted by Gasteiger charge is 2.49. The molecule has 0 aromatic rings. The molecular formula is C12H20N2O4. The number of nitrogens with zero attached hydrogens (tertiary/aromatic N) is 1. The van der Waals surface area contributed by atoms with Gasteiger partial charge in [-0.15, -0.1) is 0 Å². The van der Waals surface area contributed by atoms with Gasteiger partial charge >= 0.3 is 12.0 Å². The Morgan fingerprint density at radius 3 is 2.28 bits per heavy atom. The second kappa shape index (κ2) is 4.96. The normalized spacial score (nSPS) is 20.0. The zero-order valence-electron chi connectivity index (χ0n) is 11.4. The number of carbonyl (C=O) groups excluding carboxylic acids is 3. The molecule has 0 saturated carbocycles. The third-order valence-corrected chi connectivity index (χ3v) is 2.87. The minimum absolute atomic E-state index is 0.165. The predicted octanol–water partition coefficient (Wildman–Crippen LogP) is 0.904. The molecule has 0 aromatic carbocycles. The molecule has 6 heteroatoms. The summed E-state index contributed by atoms with van der Waals surface area (Å²) < 4.78 is 4.68. The Bertz CT molecular complexity index is 376. The highest BCUT2D eigenvalue weighted by molar-refractivity contribution is 6.09. The number of amides is 3. The van der Waals surface area contributed by atoms with Crippen molar-refractivity contribution in [1.82, 2.24) is 10.2 Å². The number of esters is 1. The maximum Gasteiger partial charge on any atom is 0.329 e. The molecule has 1 saturated heterocycles. The molecule has 0 aromatic heterocycles. The predicted molar refractivity (Wildman–Crippen MR) is 64.7 cm³/mol. The number of rotatable bonds is 4. The lowest BCUT2D eigenvalue weighted by Crippen LogP contribution is -2.48. The number of ether oxygens (including phenoxy) is 1. The van der Waals surface area contributed by atoms with E-state index in [4.69, 9.17) is 0 Å². The summed E-state index contributed by atoms with van der Waals surface area (Å²) in [6.07, 6.45) is 0.391. The number of carbonyl (C=O) groups is 3. The molecule has 3 amide bonds. The van der Waals surface area contributed by atoms with E-state index in [1.54, 1.807) is 13.8 Å². The molecule has 1 fully saturated rings. The number of urea groups is 1. The Morgan fingerprint density at radius 2 is 1.94 bits per heavy atom. The van der Waals surface area contributed by atoms with E-state index in [-0.39, 0.29) is 5.92 Å². The lowest BCUT2D eigenvalue weighted by molar-refractivity contribution is -0.151. The van der Waals surface area contributed by atoms with Crippen LogP contribution in [0.3, 0.4) is 0 Å². The van der Waals surface area contributed by atoms with Crippen LogP contribution < -0.4 is 5.32 Å². The summed E-state index contributed by atoms with van der Waals surface area (Å²) in [7, 11) is 1.25. The molecule has 6 nitrogen and oxygen atoms in total. The second-order valence-electron chi connectivity index (χ2n) is 5.40. The number of hydrogen-bond donors (Lipinski definition) is 1. The fourth-order valence-electron chi connectivity index (χ4n) is 1.95. The molecule has 1 unspecified atom stereocenters. The SMILES string of the molecule is COC(=O)C(CC(C)C)N1C(=O)NC(C)(C)C1=O. The zero-order valence-corrected chi connectivity index (χ0v) is 11.4. The van der Waals surface area contributed by atoms with Crippen LogP contribution in [-0.2, 0) is 14.3 Å². The Hall–Kier alpha value is -1.59. The van der Waals surface area contributed by atoms with E-state index >= 15 is 0 Å². The third kappa shape index (κ3) is 2.63. The monoisotopic (exact) mass is 256 g/mol. The molecule has 0 aliphatic carbocycles. The van der Waals surface area contributed by atoms with Gasteiger partial charge in [-0.1, -0.05) is 13.8 Å². The minimum atomic E-state index is -0.972. The molecule has 18 heavy (non-hydrogen) atoms. The highest BCUT2D eigenvalue weighted by Crippen LogP contribution is 2.23. The molecule has 0 spiro atoms. The lowest BCUT2D eigenvalue weighted by Gasteiger charge is -2.25. The Kier molecular flexibility index (Phi) is 3.98. The number of nitrogens with one attached hydrogen (secondary N) is 1. The molecule has 1 aliphatic rings. The smallest absolute Gasteiger partial charge is 0.329 e. The molecular weight excluding hydrogens is 236 g/mol. The molecule has 1 aliphatic heterocycles. The Morgan fingerprint density at radius 1 is 1.39 bits per heavy atom. The van der Waals surface area contributed by atoms with Crippen molar-refractivity contribution >= 4 is 17.9 Å². The average Bonchev–Trinajstić information content (AvgIpc) is 2.44. The van der Waals surface area contributed by atoms with Crippen LogP contribution in [0.2, 0.25) is 0 Å². The Labute approximate surface area is 107 Å². The zero-order chi connectivity index (χ0) is 14.1. The quantitative estimate of drug-likeness (QED) is 0.599. The van der Waals surface area contributed by atoms with Gasteiger partial charge in [0.05, 0.1) is 7.11 Å². The minimum Gasteiger partial charge on any atom is -0.467 e. The molecule has 1 N–H and O–H groups in total. The van der Waals surface area contributed by atoms with Gasteiger partial charge in [-0.25, -0.2) is 14.5 Å². The van der Waals surface area contributed by atoms with Gasteiger partial charge < -0.3 is 10.1 Å². The second-order valence-corrected chi connectivity index (χ2v) is 5.40. The van der Waals surface area contributed by atoms with Crippen LogP contribution in [0.1, 0.15) is 34.1 Å². The van der Waals surface area contributed by atoms with Crippen molar-refractivity contribution in [3.05, 3.63) is 0 Å². The van der Waals surface area contributed by atoms with Gasteiger partial charge in [-0.2, -0.15) is 0 Å². The van der Waals surface area contributed by atoms with Gasteiger partial charge in [0.25, 0.3) is 5.91 Å². The van der Waals surface area contributed by atoms with Gasteiger partial charge in [-0.05, 0) is 26.2 Å². The van der Waals surface area contributed by atoms with Crippen LogP contribution in [0, 0.1) is 5.92 Å². The van der Waals surface area contributed by atoms with Crippen LogP contribution >= 0.6 is 0 Å². The van der Waals surface area contributed by atoms with E-state index < -0.39 is 29.5 Å². The average molecular weight is 256 g/mol. The lowest BCUT2D eigenvalue weighted by atomic mass is 10.0.